The van der Waals surface area contributed by atoms with Gasteiger partial charge in [0.25, 0.3) is 0 Å². The number of hydrogen-bond acceptors (Lipinski definition) is 3. The maximum absolute atomic E-state index is 11.8. The van der Waals surface area contributed by atoms with Crippen molar-refractivity contribution in [1.29, 1.82) is 0 Å². The topological polar surface area (TPSA) is 35.5 Å². The van der Waals surface area contributed by atoms with Gasteiger partial charge in [0.1, 0.15) is 15.1 Å². The Hall–Kier alpha value is -2.48. The summed E-state index contributed by atoms with van der Waals surface area (Å²) in [6.45, 7) is 0. The van der Waals surface area contributed by atoms with Crippen molar-refractivity contribution < 1.29 is 14.1 Å². The average molecular weight is 379 g/mol. The summed E-state index contributed by atoms with van der Waals surface area (Å²) in [7, 11) is 2.91. The first-order chi connectivity index (χ1) is 13.2. The summed E-state index contributed by atoms with van der Waals surface area (Å²) in [6, 6.07) is 28.2. The van der Waals surface area contributed by atoms with Crippen LogP contribution in [-0.2, 0) is 27.7 Å². The number of hydrogen-bond donors (Lipinski definition) is 0. The monoisotopic (exact) mass is 379 g/mol. The van der Waals surface area contributed by atoms with E-state index < -0.39 is 5.60 Å². The van der Waals surface area contributed by atoms with Gasteiger partial charge < -0.3 is 4.74 Å². The van der Waals surface area contributed by atoms with Crippen LogP contribution in [-0.4, -0.2) is 13.1 Å². The van der Waals surface area contributed by atoms with Crippen molar-refractivity contribution in [1.82, 2.24) is 0 Å². The third-order valence-electron chi connectivity index (χ3n) is 4.77. The van der Waals surface area contributed by atoms with Crippen LogP contribution in [0.15, 0.2) is 84.9 Å². The van der Waals surface area contributed by atoms with Crippen LogP contribution in [0.2, 0.25) is 0 Å². The molecule has 0 amide bonds. The first-order valence-electron chi connectivity index (χ1n) is 8.87. The molecule has 0 fully saturated rings. The van der Waals surface area contributed by atoms with Crippen molar-refractivity contribution >= 4 is 15.4 Å². The number of esters is 1. The minimum absolute atomic E-state index is 0.336. The van der Waals surface area contributed by atoms with Crippen molar-refractivity contribution in [2.45, 2.75) is 18.4 Å². The Balaban J connectivity index is 2.01. The lowest BCUT2D eigenvalue weighted by molar-refractivity contribution is 0.0599. The third kappa shape index (κ3) is 4.63. The fourth-order valence-corrected chi connectivity index (χ4v) is 3.70. The zero-order valence-corrected chi connectivity index (χ0v) is 16.8. The highest BCUT2D eigenvalue weighted by Crippen LogP contribution is 2.36. The summed E-state index contributed by atoms with van der Waals surface area (Å²) in [5.74, 6) is -0.336. The summed E-state index contributed by atoms with van der Waals surface area (Å²) in [6.07, 6.45) is 1.48. The van der Waals surface area contributed by atoms with Crippen LogP contribution in [0.25, 0.3) is 0 Å². The van der Waals surface area contributed by atoms with Crippen molar-refractivity contribution in [3.63, 3.8) is 0 Å². The summed E-state index contributed by atoms with van der Waals surface area (Å²) < 4.78 is 11.0. The van der Waals surface area contributed by atoms with E-state index in [-0.39, 0.29) is 5.97 Å². The number of rotatable bonds is 7. The molecule has 0 spiro atoms. The molecule has 0 radical (unpaired) electrons. The highest BCUT2D eigenvalue weighted by molar-refractivity contribution is 7.09. The Morgan fingerprint density at radius 3 is 1.70 bits per heavy atom. The smallest absolute Gasteiger partial charge is 0.337 e. The second kappa shape index (κ2) is 8.94. The number of benzene rings is 3. The maximum atomic E-state index is 11.8. The van der Waals surface area contributed by atoms with Crippen molar-refractivity contribution in [2.24, 2.45) is 0 Å². The van der Waals surface area contributed by atoms with E-state index in [4.69, 9.17) is 9.26 Å². The van der Waals surface area contributed by atoms with E-state index in [1.165, 1.54) is 27.7 Å². The number of ether oxygens (including phenoxy) is 1. The zero-order valence-electron chi connectivity index (χ0n) is 15.4. The average Bonchev–Trinajstić information content (AvgIpc) is 2.74. The van der Waals surface area contributed by atoms with Gasteiger partial charge in [0, 0.05) is 12.8 Å². The van der Waals surface area contributed by atoms with Crippen LogP contribution in [0, 0.1) is 0 Å². The molecule has 0 saturated heterocycles. The van der Waals surface area contributed by atoms with Gasteiger partial charge in [-0.15, -0.1) is 0 Å². The van der Waals surface area contributed by atoms with Gasteiger partial charge in [-0.1, -0.05) is 72.8 Å². The summed E-state index contributed by atoms with van der Waals surface area (Å²) in [5.41, 5.74) is 3.47. The van der Waals surface area contributed by atoms with E-state index >= 15 is 0 Å². The van der Waals surface area contributed by atoms with Crippen LogP contribution in [0.5, 0.6) is 0 Å². The minimum Gasteiger partial charge on any atom is -0.465 e. The molecule has 0 aliphatic heterocycles. The van der Waals surface area contributed by atoms with E-state index in [2.05, 4.69) is 24.3 Å². The van der Waals surface area contributed by atoms with Gasteiger partial charge in [0.2, 0.25) is 0 Å². The molecule has 0 aromatic heterocycles. The lowest BCUT2D eigenvalue weighted by Crippen LogP contribution is -2.32. The minimum atomic E-state index is -0.518. The SMILES string of the molecule is COC(=O)c1ccc(C(Cc2ccccc2)(Cc2ccccc2)O[PH3+])cc1. The van der Waals surface area contributed by atoms with Crippen LogP contribution in [0.3, 0.4) is 0 Å². The van der Waals surface area contributed by atoms with E-state index in [1.54, 1.807) is 12.1 Å². The van der Waals surface area contributed by atoms with Crippen molar-refractivity contribution in [3.8, 4) is 0 Å². The molecule has 0 N–H and O–H groups in total. The quantitative estimate of drug-likeness (QED) is 0.441. The highest BCUT2D eigenvalue weighted by Gasteiger charge is 2.36. The van der Waals surface area contributed by atoms with Gasteiger partial charge in [0.15, 0.2) is 0 Å². The summed E-state index contributed by atoms with van der Waals surface area (Å²) in [5, 5.41) is 0. The third-order valence-corrected chi connectivity index (χ3v) is 5.33. The molecule has 0 bridgehead atoms. The highest BCUT2D eigenvalue weighted by atomic mass is 31.0. The molecule has 138 valence electrons. The second-order valence-corrected chi connectivity index (χ2v) is 6.82. The number of carbonyl (C=O) groups is 1. The standard InChI is InChI=1S/C23H24O3P/c1-25-22(24)20-12-14-21(15-13-20)23(26-27,16-18-8-4-2-5-9-18)17-19-10-6-3-7-11-19/h2-15H,16-17H2,1,27H3/q+1. The molecule has 4 heteroatoms. The first-order valence-corrected chi connectivity index (χ1v) is 9.44. The number of carbonyl (C=O) groups excluding carboxylic acids is 1. The predicted molar refractivity (Wildman–Crippen MR) is 112 cm³/mol. The lowest BCUT2D eigenvalue weighted by atomic mass is 9.82. The van der Waals surface area contributed by atoms with E-state index in [0.717, 1.165) is 18.4 Å². The van der Waals surface area contributed by atoms with Crippen LogP contribution >= 0.6 is 9.47 Å². The molecule has 0 aliphatic rings. The molecular formula is C23H24O3P+. The van der Waals surface area contributed by atoms with Gasteiger partial charge in [-0.2, -0.15) is 0 Å². The van der Waals surface area contributed by atoms with Gasteiger partial charge in [-0.05, 0) is 28.8 Å². The second-order valence-electron chi connectivity index (χ2n) is 6.53. The molecule has 1 unspecified atom stereocenters. The first kappa shape index (κ1) is 19.3. The van der Waals surface area contributed by atoms with Crippen LogP contribution in [0.4, 0.5) is 0 Å². The van der Waals surface area contributed by atoms with E-state index in [1.807, 2.05) is 48.5 Å². The molecule has 27 heavy (non-hydrogen) atoms. The summed E-state index contributed by atoms with van der Waals surface area (Å²) in [4.78, 5) is 11.8. The Kier molecular flexibility index (Phi) is 6.39. The van der Waals surface area contributed by atoms with Gasteiger partial charge in [-0.3, -0.25) is 0 Å². The Bertz CT molecular complexity index is 820. The molecule has 0 heterocycles. The van der Waals surface area contributed by atoms with Gasteiger partial charge in [0.05, 0.1) is 12.7 Å². The van der Waals surface area contributed by atoms with Crippen LogP contribution < -0.4 is 0 Å². The van der Waals surface area contributed by atoms with E-state index in [0.29, 0.717) is 5.56 Å². The normalized spacial score (nSPS) is 11.3. The van der Waals surface area contributed by atoms with Crippen molar-refractivity contribution in [3.05, 3.63) is 107 Å². The molecule has 0 aliphatic carbocycles. The summed E-state index contributed by atoms with van der Waals surface area (Å²) >= 11 is 0. The Labute approximate surface area is 162 Å². The predicted octanol–water partition coefficient (Wildman–Crippen LogP) is 4.69. The molecular weight excluding hydrogens is 355 g/mol. The molecule has 1 atom stereocenters. The van der Waals surface area contributed by atoms with E-state index in [9.17, 15) is 4.79 Å². The molecule has 3 nitrogen and oxygen atoms in total. The molecule has 3 rings (SSSR count). The zero-order chi connectivity index (χ0) is 19.1. The Morgan fingerprint density at radius 1 is 0.815 bits per heavy atom. The van der Waals surface area contributed by atoms with Crippen molar-refractivity contribution in [2.75, 3.05) is 7.11 Å². The van der Waals surface area contributed by atoms with Gasteiger partial charge in [-0.25, -0.2) is 9.32 Å². The fourth-order valence-electron chi connectivity index (χ4n) is 3.33. The van der Waals surface area contributed by atoms with Crippen LogP contribution in [0.1, 0.15) is 27.0 Å². The largest absolute Gasteiger partial charge is 0.465 e. The molecule has 0 saturated carbocycles. The van der Waals surface area contributed by atoms with Gasteiger partial charge >= 0.3 is 5.97 Å². The lowest BCUT2D eigenvalue weighted by Gasteiger charge is -2.30. The Morgan fingerprint density at radius 2 is 1.30 bits per heavy atom. The molecule has 3 aromatic carbocycles. The molecule has 3 aromatic rings. The maximum Gasteiger partial charge on any atom is 0.337 e. The number of methoxy groups -OCH3 is 1. The fraction of sp³-hybridized carbons (Fsp3) is 0.174.